The van der Waals surface area contributed by atoms with Crippen molar-refractivity contribution in [2.75, 3.05) is 47.5 Å². The van der Waals surface area contributed by atoms with Gasteiger partial charge in [-0.05, 0) is 51.4 Å². The van der Waals surface area contributed by atoms with Crippen LogP contribution in [-0.4, -0.2) is 87.4 Å². The summed E-state index contributed by atoms with van der Waals surface area (Å²) in [5, 5.41) is 9.62. The van der Waals surface area contributed by atoms with Crippen molar-refractivity contribution in [2.24, 2.45) is 0 Å². The smallest absolute Gasteiger partial charge is 0.361 e. The zero-order valence-electron chi connectivity index (χ0n) is 40.1. The predicted molar refractivity (Wildman–Crippen MR) is 253 cm³/mol. The summed E-state index contributed by atoms with van der Waals surface area (Å²) in [4.78, 5) is 37.0. The number of aliphatic carboxylic acids is 1. The summed E-state index contributed by atoms with van der Waals surface area (Å²) in [7, 11) is 5.95. The van der Waals surface area contributed by atoms with Crippen LogP contribution in [0.5, 0.6) is 0 Å². The SMILES string of the molecule is CC/C=C\C/C=C\C/C=C\C/C=C\CCCCCCCCCCCCCCCCCCC(=O)OC(COC(=O)CCCCCCCCC)COC(OCC[N+](C)(C)C)C(=O)O. The lowest BCUT2D eigenvalue weighted by Crippen LogP contribution is -2.40. The van der Waals surface area contributed by atoms with Gasteiger partial charge in [0.2, 0.25) is 0 Å². The number of hydrogen-bond acceptors (Lipinski definition) is 7. The van der Waals surface area contributed by atoms with Crippen LogP contribution >= 0.6 is 0 Å². The first-order chi connectivity index (χ1) is 29.6. The molecule has 354 valence electrons. The maximum atomic E-state index is 12.8. The number of allylic oxidation sites excluding steroid dienone is 8. The van der Waals surface area contributed by atoms with E-state index >= 15 is 0 Å². The first kappa shape index (κ1) is 58.2. The summed E-state index contributed by atoms with van der Waals surface area (Å²) in [5.41, 5.74) is 0. The Morgan fingerprint density at radius 1 is 0.508 bits per heavy atom. The molecule has 0 saturated carbocycles. The van der Waals surface area contributed by atoms with Crippen molar-refractivity contribution >= 4 is 17.9 Å². The highest BCUT2D eigenvalue weighted by Gasteiger charge is 2.25. The van der Waals surface area contributed by atoms with E-state index in [-0.39, 0.29) is 32.2 Å². The number of carbonyl (C=O) groups excluding carboxylic acids is 2. The number of carboxylic acid groups (broad SMARTS) is 1. The average Bonchev–Trinajstić information content (AvgIpc) is 3.22. The minimum Gasteiger partial charge on any atom is -0.477 e. The van der Waals surface area contributed by atoms with Gasteiger partial charge in [0.25, 0.3) is 6.29 Å². The number of esters is 2. The van der Waals surface area contributed by atoms with E-state index in [0.29, 0.717) is 17.4 Å². The standard InChI is InChI=1S/C52H93NO8/c1-6-8-10-12-14-15-16-17-18-19-20-21-22-23-24-25-26-27-28-29-30-31-32-33-34-35-37-39-41-43-50(55)61-48(46-59-49(54)42-40-38-36-13-11-9-7-2)47-60-52(51(56)57)58-45-44-53(3,4)5/h8,10,14-15,17-18,20-21,48,52H,6-7,9,11-13,16,19,22-47H2,1-5H3/p+1/b10-8-,15-14-,18-17-,21-20-. The van der Waals surface area contributed by atoms with Crippen molar-refractivity contribution in [3.05, 3.63) is 48.6 Å². The van der Waals surface area contributed by atoms with Crippen LogP contribution in [-0.2, 0) is 33.3 Å². The van der Waals surface area contributed by atoms with Gasteiger partial charge in [-0.2, -0.15) is 0 Å². The molecule has 0 amide bonds. The Hall–Kier alpha value is -2.75. The number of carboxylic acids is 1. The number of rotatable bonds is 45. The van der Waals surface area contributed by atoms with E-state index in [4.69, 9.17) is 18.9 Å². The molecule has 0 aromatic rings. The second-order valence-electron chi connectivity index (χ2n) is 17.8. The number of hydrogen-bond donors (Lipinski definition) is 1. The average molecular weight is 861 g/mol. The van der Waals surface area contributed by atoms with E-state index in [0.717, 1.165) is 64.2 Å². The van der Waals surface area contributed by atoms with Crippen molar-refractivity contribution in [3.8, 4) is 0 Å². The lowest BCUT2D eigenvalue weighted by Gasteiger charge is -2.25. The number of quaternary nitrogens is 1. The summed E-state index contributed by atoms with van der Waals surface area (Å²) in [5.74, 6) is -2.01. The van der Waals surface area contributed by atoms with Gasteiger partial charge in [-0.25, -0.2) is 4.79 Å². The molecule has 0 aliphatic rings. The molecule has 0 spiro atoms. The number of unbranched alkanes of at least 4 members (excludes halogenated alkanes) is 22. The Balaban J connectivity index is 4.07. The first-order valence-corrected chi connectivity index (χ1v) is 24.8. The third kappa shape index (κ3) is 45.1. The van der Waals surface area contributed by atoms with Crippen LogP contribution in [0.2, 0.25) is 0 Å². The molecule has 61 heavy (non-hydrogen) atoms. The van der Waals surface area contributed by atoms with Crippen molar-refractivity contribution in [2.45, 2.75) is 219 Å². The Morgan fingerprint density at radius 3 is 1.39 bits per heavy atom. The van der Waals surface area contributed by atoms with Crippen molar-refractivity contribution in [1.82, 2.24) is 0 Å². The van der Waals surface area contributed by atoms with E-state index in [1.807, 2.05) is 21.1 Å². The van der Waals surface area contributed by atoms with Gasteiger partial charge in [0.15, 0.2) is 6.10 Å². The van der Waals surface area contributed by atoms with Gasteiger partial charge in [-0.3, -0.25) is 9.59 Å². The maximum absolute atomic E-state index is 12.8. The Kier molecular flexibility index (Phi) is 41.9. The van der Waals surface area contributed by atoms with Gasteiger partial charge >= 0.3 is 17.9 Å². The zero-order chi connectivity index (χ0) is 44.9. The van der Waals surface area contributed by atoms with E-state index in [1.54, 1.807) is 0 Å². The Bertz CT molecular complexity index is 1140. The van der Waals surface area contributed by atoms with Gasteiger partial charge in [-0.15, -0.1) is 0 Å². The molecule has 0 bridgehead atoms. The monoisotopic (exact) mass is 861 g/mol. The molecule has 0 fully saturated rings. The third-order valence-corrected chi connectivity index (χ3v) is 10.6. The number of ether oxygens (including phenoxy) is 4. The number of nitrogens with zero attached hydrogens (tertiary/aromatic N) is 1. The normalized spacial score (nSPS) is 13.3. The summed E-state index contributed by atoms with van der Waals surface area (Å²) in [6, 6.07) is 0. The zero-order valence-corrected chi connectivity index (χ0v) is 40.1. The van der Waals surface area contributed by atoms with Gasteiger partial charge in [0.1, 0.15) is 13.2 Å². The molecule has 0 radical (unpaired) electrons. The Morgan fingerprint density at radius 2 is 0.934 bits per heavy atom. The molecule has 0 aliphatic heterocycles. The van der Waals surface area contributed by atoms with Crippen molar-refractivity contribution in [1.29, 1.82) is 0 Å². The molecule has 0 aliphatic carbocycles. The number of carbonyl (C=O) groups is 3. The van der Waals surface area contributed by atoms with Crippen LogP contribution in [0.3, 0.4) is 0 Å². The second-order valence-corrected chi connectivity index (χ2v) is 17.8. The Labute approximate surface area is 374 Å². The molecular formula is C52H94NO8+. The van der Waals surface area contributed by atoms with E-state index in [9.17, 15) is 19.5 Å². The maximum Gasteiger partial charge on any atom is 0.361 e. The third-order valence-electron chi connectivity index (χ3n) is 10.6. The molecular weight excluding hydrogens is 767 g/mol. The molecule has 9 heteroatoms. The molecule has 2 atom stereocenters. The summed E-state index contributed by atoms with van der Waals surface area (Å²) < 4.78 is 22.7. The van der Waals surface area contributed by atoms with Crippen molar-refractivity contribution in [3.63, 3.8) is 0 Å². The summed E-state index contributed by atoms with van der Waals surface area (Å²) >= 11 is 0. The van der Waals surface area contributed by atoms with Crippen LogP contribution in [0.25, 0.3) is 0 Å². The fraction of sp³-hybridized carbons (Fsp3) is 0.788. The fourth-order valence-electron chi connectivity index (χ4n) is 6.77. The molecule has 0 saturated heterocycles. The van der Waals surface area contributed by atoms with E-state index in [2.05, 4.69) is 62.5 Å². The van der Waals surface area contributed by atoms with Crippen LogP contribution in [0.1, 0.15) is 206 Å². The minimum absolute atomic E-state index is 0.180. The largest absolute Gasteiger partial charge is 0.477 e. The van der Waals surface area contributed by atoms with Crippen LogP contribution < -0.4 is 0 Å². The van der Waals surface area contributed by atoms with Crippen molar-refractivity contribution < 1.29 is 42.9 Å². The molecule has 0 heterocycles. The van der Waals surface area contributed by atoms with Gasteiger partial charge in [-0.1, -0.05) is 191 Å². The molecule has 1 N–H and O–H groups in total. The fourth-order valence-corrected chi connectivity index (χ4v) is 6.77. The topological polar surface area (TPSA) is 108 Å². The second kappa shape index (κ2) is 43.9. The first-order valence-electron chi connectivity index (χ1n) is 24.8. The van der Waals surface area contributed by atoms with Crippen LogP contribution in [0.15, 0.2) is 48.6 Å². The highest BCUT2D eigenvalue weighted by Crippen LogP contribution is 2.16. The molecule has 0 rings (SSSR count). The van der Waals surface area contributed by atoms with Gasteiger partial charge in [0.05, 0.1) is 34.4 Å². The van der Waals surface area contributed by atoms with E-state index in [1.165, 1.54) is 116 Å². The minimum atomic E-state index is -1.51. The summed E-state index contributed by atoms with van der Waals surface area (Å²) in [6.45, 7) is 4.72. The number of likely N-dealkylation sites (N-methyl/N-ethyl adjacent to an activating group) is 1. The lowest BCUT2D eigenvalue weighted by atomic mass is 10.0. The highest BCUT2D eigenvalue weighted by atomic mass is 16.7. The summed E-state index contributed by atoms with van der Waals surface area (Å²) in [6.07, 6.45) is 49.3. The van der Waals surface area contributed by atoms with E-state index < -0.39 is 24.3 Å². The molecule has 0 aromatic heterocycles. The van der Waals surface area contributed by atoms with Gasteiger partial charge in [0, 0.05) is 12.8 Å². The van der Waals surface area contributed by atoms with Crippen LogP contribution in [0, 0.1) is 0 Å². The lowest BCUT2D eigenvalue weighted by molar-refractivity contribution is -0.870. The quantitative estimate of drug-likeness (QED) is 0.0212. The molecule has 2 unspecified atom stereocenters. The highest BCUT2D eigenvalue weighted by molar-refractivity contribution is 5.71. The molecule has 9 nitrogen and oxygen atoms in total. The van der Waals surface area contributed by atoms with Gasteiger partial charge < -0.3 is 28.5 Å². The molecule has 0 aromatic carbocycles. The predicted octanol–water partition coefficient (Wildman–Crippen LogP) is 13.6. The van der Waals surface area contributed by atoms with Crippen LogP contribution in [0.4, 0.5) is 0 Å².